The van der Waals surface area contributed by atoms with E-state index in [1.165, 1.54) is 18.2 Å². The minimum atomic E-state index is -4.87. The molecule has 0 spiro atoms. The summed E-state index contributed by atoms with van der Waals surface area (Å²) in [5.41, 5.74) is -2.16. The van der Waals surface area contributed by atoms with Gasteiger partial charge in [-0.05, 0) is 29.8 Å². The number of hydrogen-bond acceptors (Lipinski definition) is 2. The predicted molar refractivity (Wildman–Crippen MR) is 78.6 cm³/mol. The molecule has 0 atom stereocenters. The van der Waals surface area contributed by atoms with Crippen molar-refractivity contribution in [2.45, 2.75) is 6.18 Å². The van der Waals surface area contributed by atoms with Gasteiger partial charge < -0.3 is 0 Å². The molecule has 0 heterocycles. The lowest BCUT2D eigenvalue weighted by atomic mass is 10.0. The Bertz CT molecular complexity index is 763. The standard InChI is InChI=1S/C13H5Cl3F3NO2/c14-9-5-11(16)10(15)4-7(9)6-1-2-12(20(21)22)8(3-6)13(17,18)19/h1-5H. The fourth-order valence-corrected chi connectivity index (χ4v) is 2.49. The Kier molecular flexibility index (Phi) is 4.56. The minimum Gasteiger partial charge on any atom is -0.258 e. The molecule has 0 unspecified atom stereocenters. The highest BCUT2D eigenvalue weighted by molar-refractivity contribution is 6.44. The molecular formula is C13H5Cl3F3NO2. The van der Waals surface area contributed by atoms with Crippen LogP contribution >= 0.6 is 34.8 Å². The number of alkyl halides is 3. The van der Waals surface area contributed by atoms with E-state index in [2.05, 4.69) is 0 Å². The molecule has 0 bridgehead atoms. The lowest BCUT2D eigenvalue weighted by Crippen LogP contribution is -2.09. The van der Waals surface area contributed by atoms with E-state index in [0.717, 1.165) is 6.07 Å². The fourth-order valence-electron chi connectivity index (χ4n) is 1.83. The number of hydrogen-bond donors (Lipinski definition) is 0. The molecule has 2 aromatic rings. The van der Waals surface area contributed by atoms with Crippen LogP contribution in [0.5, 0.6) is 0 Å². The Morgan fingerprint density at radius 3 is 2.09 bits per heavy atom. The van der Waals surface area contributed by atoms with E-state index in [-0.39, 0.29) is 26.2 Å². The van der Waals surface area contributed by atoms with Gasteiger partial charge in [-0.15, -0.1) is 0 Å². The molecule has 0 saturated carbocycles. The molecule has 0 N–H and O–H groups in total. The van der Waals surface area contributed by atoms with Gasteiger partial charge in [-0.2, -0.15) is 13.2 Å². The van der Waals surface area contributed by atoms with Crippen LogP contribution in [0.1, 0.15) is 5.56 Å². The second-order valence-corrected chi connectivity index (χ2v) is 5.45. The molecule has 2 rings (SSSR count). The van der Waals surface area contributed by atoms with Gasteiger partial charge in [0.25, 0.3) is 5.69 Å². The molecule has 0 radical (unpaired) electrons. The molecule has 0 saturated heterocycles. The summed E-state index contributed by atoms with van der Waals surface area (Å²) in [6.07, 6.45) is -4.87. The van der Waals surface area contributed by atoms with E-state index >= 15 is 0 Å². The summed E-state index contributed by atoms with van der Waals surface area (Å²) in [6.45, 7) is 0. The average Bonchev–Trinajstić information content (AvgIpc) is 2.41. The van der Waals surface area contributed by atoms with Crippen molar-refractivity contribution in [2.24, 2.45) is 0 Å². The number of benzene rings is 2. The monoisotopic (exact) mass is 369 g/mol. The lowest BCUT2D eigenvalue weighted by molar-refractivity contribution is -0.388. The van der Waals surface area contributed by atoms with Gasteiger partial charge in [0.15, 0.2) is 0 Å². The van der Waals surface area contributed by atoms with Crippen LogP contribution in [-0.4, -0.2) is 4.92 Å². The van der Waals surface area contributed by atoms with E-state index < -0.39 is 22.4 Å². The van der Waals surface area contributed by atoms with E-state index in [1.807, 2.05) is 0 Å². The number of nitrogens with zero attached hydrogens (tertiary/aromatic N) is 1. The summed E-state index contributed by atoms with van der Waals surface area (Å²) in [6, 6.07) is 5.18. The number of rotatable bonds is 2. The summed E-state index contributed by atoms with van der Waals surface area (Å²) in [5.74, 6) is 0. The topological polar surface area (TPSA) is 43.1 Å². The van der Waals surface area contributed by atoms with Crippen LogP contribution < -0.4 is 0 Å². The molecule has 9 heteroatoms. The van der Waals surface area contributed by atoms with Crippen LogP contribution in [-0.2, 0) is 6.18 Å². The molecule has 0 aromatic heterocycles. The Labute approximate surface area is 137 Å². The van der Waals surface area contributed by atoms with Crippen LogP contribution in [0.4, 0.5) is 18.9 Å². The highest BCUT2D eigenvalue weighted by Gasteiger charge is 2.38. The summed E-state index contributed by atoms with van der Waals surface area (Å²) < 4.78 is 38.9. The van der Waals surface area contributed by atoms with Gasteiger partial charge >= 0.3 is 6.18 Å². The van der Waals surface area contributed by atoms with Gasteiger partial charge in [0.2, 0.25) is 0 Å². The van der Waals surface area contributed by atoms with Gasteiger partial charge in [0.1, 0.15) is 5.56 Å². The van der Waals surface area contributed by atoms with Crippen molar-refractivity contribution in [3.63, 3.8) is 0 Å². The molecule has 22 heavy (non-hydrogen) atoms. The second kappa shape index (κ2) is 5.95. The van der Waals surface area contributed by atoms with Crippen molar-refractivity contribution >= 4 is 40.5 Å². The van der Waals surface area contributed by atoms with Crippen LogP contribution in [0.25, 0.3) is 11.1 Å². The fraction of sp³-hybridized carbons (Fsp3) is 0.0769. The van der Waals surface area contributed by atoms with Gasteiger partial charge in [-0.3, -0.25) is 10.1 Å². The van der Waals surface area contributed by atoms with E-state index in [0.29, 0.717) is 6.07 Å². The van der Waals surface area contributed by atoms with Gasteiger partial charge in [0.05, 0.1) is 15.0 Å². The number of nitro benzene ring substituents is 1. The highest BCUT2D eigenvalue weighted by atomic mass is 35.5. The Morgan fingerprint density at radius 2 is 1.55 bits per heavy atom. The molecule has 0 aliphatic rings. The zero-order valence-electron chi connectivity index (χ0n) is 10.4. The maximum absolute atomic E-state index is 13.0. The molecule has 0 aliphatic heterocycles. The van der Waals surface area contributed by atoms with Crippen molar-refractivity contribution in [2.75, 3.05) is 0 Å². The van der Waals surface area contributed by atoms with Crippen LogP contribution in [0.3, 0.4) is 0 Å². The Morgan fingerprint density at radius 1 is 0.955 bits per heavy atom. The third kappa shape index (κ3) is 3.29. The Hall–Kier alpha value is -1.50. The molecule has 0 fully saturated rings. The zero-order valence-corrected chi connectivity index (χ0v) is 12.7. The summed E-state index contributed by atoms with van der Waals surface area (Å²) in [7, 11) is 0. The number of nitro groups is 1. The maximum atomic E-state index is 13.0. The summed E-state index contributed by atoms with van der Waals surface area (Å²) in [5, 5.41) is 11.1. The van der Waals surface area contributed by atoms with Crippen molar-refractivity contribution in [3.05, 3.63) is 61.1 Å². The third-order valence-electron chi connectivity index (χ3n) is 2.82. The molecule has 0 aliphatic carbocycles. The maximum Gasteiger partial charge on any atom is 0.423 e. The molecule has 3 nitrogen and oxygen atoms in total. The van der Waals surface area contributed by atoms with E-state index in [1.54, 1.807) is 0 Å². The normalized spacial score (nSPS) is 11.5. The molecule has 116 valence electrons. The van der Waals surface area contributed by atoms with Crippen LogP contribution in [0.15, 0.2) is 30.3 Å². The molecule has 2 aromatic carbocycles. The Balaban J connectivity index is 2.69. The second-order valence-electron chi connectivity index (χ2n) is 4.23. The van der Waals surface area contributed by atoms with E-state index in [4.69, 9.17) is 34.8 Å². The van der Waals surface area contributed by atoms with Crippen LogP contribution in [0, 0.1) is 10.1 Å². The van der Waals surface area contributed by atoms with Crippen LogP contribution in [0.2, 0.25) is 15.1 Å². The lowest BCUT2D eigenvalue weighted by Gasteiger charge is -2.11. The van der Waals surface area contributed by atoms with Crippen molar-refractivity contribution in [1.29, 1.82) is 0 Å². The summed E-state index contributed by atoms with van der Waals surface area (Å²) >= 11 is 17.5. The van der Waals surface area contributed by atoms with Gasteiger partial charge in [0, 0.05) is 16.7 Å². The highest BCUT2D eigenvalue weighted by Crippen LogP contribution is 2.41. The van der Waals surface area contributed by atoms with Crippen molar-refractivity contribution in [3.8, 4) is 11.1 Å². The smallest absolute Gasteiger partial charge is 0.258 e. The largest absolute Gasteiger partial charge is 0.423 e. The average molecular weight is 371 g/mol. The summed E-state index contributed by atoms with van der Waals surface area (Å²) in [4.78, 5) is 9.63. The van der Waals surface area contributed by atoms with Gasteiger partial charge in [-0.25, -0.2) is 0 Å². The van der Waals surface area contributed by atoms with Crippen molar-refractivity contribution < 1.29 is 18.1 Å². The quantitative estimate of drug-likeness (QED) is 0.357. The van der Waals surface area contributed by atoms with Gasteiger partial charge in [-0.1, -0.05) is 34.8 Å². The first kappa shape index (κ1) is 16.9. The third-order valence-corrected chi connectivity index (χ3v) is 3.85. The van der Waals surface area contributed by atoms with E-state index in [9.17, 15) is 23.3 Å². The first-order valence-corrected chi connectivity index (χ1v) is 6.75. The van der Waals surface area contributed by atoms with Crippen molar-refractivity contribution in [1.82, 2.24) is 0 Å². The zero-order chi connectivity index (χ0) is 16.7. The predicted octanol–water partition coefficient (Wildman–Crippen LogP) is 6.24. The minimum absolute atomic E-state index is 0.0430. The first-order chi connectivity index (χ1) is 10.1. The first-order valence-electron chi connectivity index (χ1n) is 5.62. The molecule has 0 amide bonds. The SMILES string of the molecule is O=[N+]([O-])c1ccc(-c2cc(Cl)c(Cl)cc2Cl)cc1C(F)(F)F. The number of halogens is 6. The molecular weight excluding hydrogens is 366 g/mol.